The van der Waals surface area contributed by atoms with Crippen LogP contribution in [0.1, 0.15) is 24.0 Å². The third-order valence-electron chi connectivity index (χ3n) is 3.30. The Bertz CT molecular complexity index is 436. The predicted octanol–water partition coefficient (Wildman–Crippen LogP) is 0.301. The van der Waals surface area contributed by atoms with Crippen molar-refractivity contribution in [3.8, 4) is 0 Å². The van der Waals surface area contributed by atoms with Crippen LogP contribution in [-0.2, 0) is 22.7 Å². The minimum absolute atomic E-state index is 0.00566. The van der Waals surface area contributed by atoms with Gasteiger partial charge in [-0.3, -0.25) is 4.79 Å². The molecule has 2 unspecified atom stereocenters. The van der Waals surface area contributed by atoms with Gasteiger partial charge in [-0.15, -0.1) is 0 Å². The van der Waals surface area contributed by atoms with Crippen molar-refractivity contribution in [1.82, 2.24) is 5.32 Å². The number of benzene rings is 1. The van der Waals surface area contributed by atoms with Gasteiger partial charge in [-0.25, -0.2) is 0 Å². The summed E-state index contributed by atoms with van der Waals surface area (Å²) in [7, 11) is 0. The van der Waals surface area contributed by atoms with Gasteiger partial charge in [0.05, 0.1) is 12.7 Å². The molecule has 0 bridgehead atoms. The lowest BCUT2D eigenvalue weighted by Gasteiger charge is -2.13. The number of ether oxygens (including phenoxy) is 1. The van der Waals surface area contributed by atoms with Crippen LogP contribution >= 0.6 is 0 Å². The first-order chi connectivity index (χ1) is 9.22. The largest absolute Gasteiger partial charge is 0.392 e. The third-order valence-corrected chi connectivity index (χ3v) is 3.30. The molecule has 19 heavy (non-hydrogen) atoms. The lowest BCUT2D eigenvalue weighted by atomic mass is 10.1. The van der Waals surface area contributed by atoms with Crippen LogP contribution in [0.15, 0.2) is 24.3 Å². The quantitative estimate of drug-likeness (QED) is 0.714. The average molecular weight is 264 g/mol. The highest BCUT2D eigenvalue weighted by Crippen LogP contribution is 2.19. The third kappa shape index (κ3) is 3.76. The smallest absolute Gasteiger partial charge is 0.249 e. The van der Waals surface area contributed by atoms with Gasteiger partial charge >= 0.3 is 0 Å². The topological polar surface area (TPSA) is 84.6 Å². The van der Waals surface area contributed by atoms with Crippen molar-refractivity contribution >= 4 is 5.91 Å². The Morgan fingerprint density at radius 2 is 2.21 bits per heavy atom. The van der Waals surface area contributed by atoms with Gasteiger partial charge in [0, 0.05) is 13.1 Å². The van der Waals surface area contributed by atoms with Crippen LogP contribution in [-0.4, -0.2) is 29.8 Å². The Kier molecular flexibility index (Phi) is 4.90. The van der Waals surface area contributed by atoms with Crippen molar-refractivity contribution < 1.29 is 14.6 Å². The number of carbonyl (C=O) groups is 1. The Labute approximate surface area is 112 Å². The first-order valence-corrected chi connectivity index (χ1v) is 6.55. The molecule has 0 saturated carbocycles. The summed E-state index contributed by atoms with van der Waals surface area (Å²) in [4.78, 5) is 11.9. The number of carbonyl (C=O) groups excluding carboxylic acids is 1. The molecule has 1 heterocycles. The fraction of sp³-hybridized carbons (Fsp3) is 0.500. The number of nitrogens with one attached hydrogen (secondary N) is 1. The van der Waals surface area contributed by atoms with Crippen LogP contribution in [0.5, 0.6) is 0 Å². The molecule has 5 heteroatoms. The van der Waals surface area contributed by atoms with E-state index in [9.17, 15) is 4.79 Å². The van der Waals surface area contributed by atoms with Crippen molar-refractivity contribution in [2.45, 2.75) is 38.2 Å². The second-order valence-corrected chi connectivity index (χ2v) is 4.76. The van der Waals surface area contributed by atoms with E-state index in [2.05, 4.69) is 5.32 Å². The van der Waals surface area contributed by atoms with Gasteiger partial charge in [0.2, 0.25) is 5.91 Å². The van der Waals surface area contributed by atoms with Crippen molar-refractivity contribution in [2.24, 2.45) is 5.73 Å². The van der Waals surface area contributed by atoms with Gasteiger partial charge in [0.15, 0.2) is 0 Å². The van der Waals surface area contributed by atoms with Gasteiger partial charge in [-0.1, -0.05) is 24.3 Å². The van der Waals surface area contributed by atoms with Crippen molar-refractivity contribution in [3.63, 3.8) is 0 Å². The van der Waals surface area contributed by atoms with Gasteiger partial charge < -0.3 is 20.9 Å². The van der Waals surface area contributed by atoms with Crippen molar-refractivity contribution in [2.75, 3.05) is 6.54 Å². The van der Waals surface area contributed by atoms with Gasteiger partial charge in [0.1, 0.15) is 6.10 Å². The zero-order valence-corrected chi connectivity index (χ0v) is 10.8. The van der Waals surface area contributed by atoms with E-state index < -0.39 is 0 Å². The summed E-state index contributed by atoms with van der Waals surface area (Å²) in [6.07, 6.45) is 1.20. The van der Waals surface area contributed by atoms with E-state index in [0.29, 0.717) is 13.1 Å². The maximum absolute atomic E-state index is 11.9. The highest BCUT2D eigenvalue weighted by Gasteiger charge is 2.29. The molecular weight excluding hydrogens is 244 g/mol. The second-order valence-electron chi connectivity index (χ2n) is 4.76. The molecule has 0 aromatic heterocycles. The molecule has 1 saturated heterocycles. The van der Waals surface area contributed by atoms with Crippen molar-refractivity contribution in [1.29, 1.82) is 0 Å². The number of hydrogen-bond acceptors (Lipinski definition) is 4. The van der Waals surface area contributed by atoms with Crippen LogP contribution in [0, 0.1) is 0 Å². The summed E-state index contributed by atoms with van der Waals surface area (Å²) >= 11 is 0. The Morgan fingerprint density at radius 3 is 2.89 bits per heavy atom. The van der Waals surface area contributed by atoms with E-state index in [4.69, 9.17) is 15.6 Å². The highest BCUT2D eigenvalue weighted by atomic mass is 16.5. The molecule has 1 aromatic rings. The predicted molar refractivity (Wildman–Crippen MR) is 71.2 cm³/mol. The zero-order valence-electron chi connectivity index (χ0n) is 10.8. The number of hydrogen-bond donors (Lipinski definition) is 3. The summed E-state index contributed by atoms with van der Waals surface area (Å²) in [6, 6.07) is 7.50. The molecule has 4 N–H and O–H groups in total. The van der Waals surface area contributed by atoms with E-state index in [1.807, 2.05) is 24.3 Å². The molecule has 2 atom stereocenters. The van der Waals surface area contributed by atoms with E-state index in [1.165, 1.54) is 0 Å². The Balaban J connectivity index is 1.83. The molecule has 0 radical (unpaired) electrons. The van der Waals surface area contributed by atoms with Crippen LogP contribution in [0.4, 0.5) is 0 Å². The number of nitrogens with two attached hydrogens (primary N) is 1. The first-order valence-electron chi connectivity index (χ1n) is 6.55. The van der Waals surface area contributed by atoms with Gasteiger partial charge in [0.25, 0.3) is 0 Å². The molecule has 1 amide bonds. The minimum atomic E-state index is -0.380. The summed E-state index contributed by atoms with van der Waals surface area (Å²) < 4.78 is 5.53. The summed E-state index contributed by atoms with van der Waals surface area (Å²) in [6.45, 7) is 0.911. The van der Waals surface area contributed by atoms with Crippen LogP contribution < -0.4 is 11.1 Å². The molecule has 5 nitrogen and oxygen atoms in total. The molecular formula is C14H20N2O3. The standard InChI is InChI=1S/C14H20N2O3/c15-7-12-4-5-13(19-12)14(18)16-8-10-2-1-3-11(6-10)9-17/h1-3,6,12-13,17H,4-5,7-9,15H2,(H,16,18). The Hall–Kier alpha value is -1.43. The maximum atomic E-state index is 11.9. The molecule has 1 aliphatic rings. The molecule has 1 fully saturated rings. The molecule has 0 aliphatic carbocycles. The minimum Gasteiger partial charge on any atom is -0.392 e. The number of aliphatic hydroxyl groups is 1. The molecule has 1 aliphatic heterocycles. The Morgan fingerprint density at radius 1 is 1.42 bits per heavy atom. The SMILES string of the molecule is NCC1CCC(C(=O)NCc2cccc(CO)c2)O1. The average Bonchev–Trinajstić information content (AvgIpc) is 2.94. The monoisotopic (exact) mass is 264 g/mol. The number of amides is 1. The second kappa shape index (κ2) is 6.65. The summed E-state index contributed by atoms with van der Waals surface area (Å²) in [5, 5.41) is 11.9. The highest BCUT2D eigenvalue weighted by molar-refractivity contribution is 5.81. The lowest BCUT2D eigenvalue weighted by Crippen LogP contribution is -2.35. The van der Waals surface area contributed by atoms with Crippen molar-refractivity contribution in [3.05, 3.63) is 35.4 Å². The molecule has 104 valence electrons. The zero-order chi connectivity index (χ0) is 13.7. The molecule has 0 spiro atoms. The van der Waals surface area contributed by atoms with Crippen LogP contribution in [0.25, 0.3) is 0 Å². The fourth-order valence-corrected chi connectivity index (χ4v) is 2.21. The van der Waals surface area contributed by atoms with Crippen LogP contribution in [0.2, 0.25) is 0 Å². The van der Waals surface area contributed by atoms with E-state index >= 15 is 0 Å². The molecule has 1 aromatic carbocycles. The first kappa shape index (κ1) is 14.0. The number of rotatable bonds is 5. The van der Waals surface area contributed by atoms with E-state index in [-0.39, 0.29) is 24.7 Å². The fourth-order valence-electron chi connectivity index (χ4n) is 2.21. The van der Waals surface area contributed by atoms with Crippen LogP contribution in [0.3, 0.4) is 0 Å². The summed E-state index contributed by atoms with van der Waals surface area (Å²) in [5.74, 6) is -0.0923. The van der Waals surface area contributed by atoms with Gasteiger partial charge in [-0.2, -0.15) is 0 Å². The lowest BCUT2D eigenvalue weighted by molar-refractivity contribution is -0.132. The van der Waals surface area contributed by atoms with E-state index in [1.54, 1.807) is 0 Å². The number of aliphatic hydroxyl groups excluding tert-OH is 1. The maximum Gasteiger partial charge on any atom is 0.249 e. The normalized spacial score (nSPS) is 22.4. The summed E-state index contributed by atoms with van der Waals surface area (Å²) in [5.41, 5.74) is 7.32. The molecule has 2 rings (SSSR count). The van der Waals surface area contributed by atoms with E-state index in [0.717, 1.165) is 24.0 Å². The van der Waals surface area contributed by atoms with Gasteiger partial charge in [-0.05, 0) is 24.0 Å².